The van der Waals surface area contributed by atoms with Crippen LogP contribution >= 0.6 is 0 Å². The van der Waals surface area contributed by atoms with Gasteiger partial charge in [-0.25, -0.2) is 14.4 Å². The number of allylic oxidation sites excluding steroid dienone is 1. The molecule has 12 atom stereocenters. The van der Waals surface area contributed by atoms with Crippen molar-refractivity contribution in [2.45, 2.75) is 120 Å². The number of carbonyl (C=O) groups excluding carboxylic acids is 3. The number of unbranched alkanes of at least 4 members (excludes halogenated alkanes) is 1. The summed E-state index contributed by atoms with van der Waals surface area (Å²) in [7, 11) is 0. The van der Waals surface area contributed by atoms with Gasteiger partial charge in [0.05, 0.1) is 62.4 Å². The number of carbonyl (C=O) groups is 3. The predicted octanol–water partition coefficient (Wildman–Crippen LogP) is 10.0. The van der Waals surface area contributed by atoms with Gasteiger partial charge in [0.15, 0.2) is 37.2 Å². The van der Waals surface area contributed by atoms with Crippen LogP contribution in [0.25, 0.3) is 0 Å². The SMILES string of the molecule is C=CCCCOC1OC(COC2OC(COC3OC(CC)C(OCc4ccccc4)C3OC(=O)c3ccccc3)C(OCc3ccccc3)C2OC(=O)c2ccccc2)C(OCc2ccccc2)C1OC(=O)c1ccccc1. The molecule has 9 rings (SSSR count). The highest BCUT2D eigenvalue weighted by atomic mass is 16.8. The molecule has 3 fully saturated rings. The molecule has 0 spiro atoms. The van der Waals surface area contributed by atoms with Gasteiger partial charge in [0.2, 0.25) is 0 Å². The fourth-order valence-corrected chi connectivity index (χ4v) is 9.46. The molecule has 0 N–H and O–H groups in total. The topological polar surface area (TPSA) is 162 Å². The molecule has 0 aromatic heterocycles. The number of hydrogen-bond donors (Lipinski definition) is 0. The van der Waals surface area contributed by atoms with E-state index in [-0.39, 0.29) is 39.6 Å². The van der Waals surface area contributed by atoms with E-state index >= 15 is 0 Å². The lowest BCUT2D eigenvalue weighted by atomic mass is 10.1. The minimum atomic E-state index is -1.29. The number of hydrogen-bond acceptors (Lipinski definition) is 15. The highest BCUT2D eigenvalue weighted by Crippen LogP contribution is 2.36. The second-order valence-electron chi connectivity index (χ2n) is 19.0. The van der Waals surface area contributed by atoms with Crippen LogP contribution in [0.3, 0.4) is 0 Å². The maximum Gasteiger partial charge on any atom is 0.338 e. The lowest BCUT2D eigenvalue weighted by Gasteiger charge is -2.27. The molecule has 3 aliphatic heterocycles. The van der Waals surface area contributed by atoms with Crippen molar-refractivity contribution in [1.82, 2.24) is 0 Å². The average Bonchev–Trinajstić information content (AvgIpc) is 4.19. The largest absolute Gasteiger partial charge is 0.450 e. The Morgan fingerprint density at radius 3 is 1.05 bits per heavy atom. The molecule has 6 aromatic carbocycles. The Morgan fingerprint density at radius 1 is 0.410 bits per heavy atom. The van der Waals surface area contributed by atoms with Crippen molar-refractivity contribution in [3.05, 3.63) is 228 Å². The number of ether oxygens (including phenoxy) is 12. The Bertz CT molecular complexity index is 2750. The van der Waals surface area contributed by atoms with Gasteiger partial charge in [0.25, 0.3) is 0 Å². The van der Waals surface area contributed by atoms with E-state index in [2.05, 4.69) is 6.58 Å². The predicted molar refractivity (Wildman–Crippen MR) is 286 cm³/mol. The van der Waals surface area contributed by atoms with E-state index in [0.29, 0.717) is 36.0 Å². The van der Waals surface area contributed by atoms with Gasteiger partial charge >= 0.3 is 17.9 Å². The van der Waals surface area contributed by atoms with Gasteiger partial charge in [-0.15, -0.1) is 6.58 Å². The average molecular weight is 1060 g/mol. The smallest absolute Gasteiger partial charge is 0.338 e. The third-order valence-corrected chi connectivity index (χ3v) is 13.5. The van der Waals surface area contributed by atoms with Crippen LogP contribution in [0.2, 0.25) is 0 Å². The van der Waals surface area contributed by atoms with E-state index in [9.17, 15) is 14.4 Å². The highest BCUT2D eigenvalue weighted by molar-refractivity contribution is 5.90. The quantitative estimate of drug-likeness (QED) is 0.0207. The van der Waals surface area contributed by atoms with Crippen LogP contribution in [0, 0.1) is 0 Å². The van der Waals surface area contributed by atoms with E-state index < -0.39 is 91.7 Å². The zero-order valence-corrected chi connectivity index (χ0v) is 43.5. The molecule has 3 heterocycles. The van der Waals surface area contributed by atoms with Gasteiger partial charge in [-0.05, 0) is 72.4 Å². The monoisotopic (exact) mass is 1060 g/mol. The van der Waals surface area contributed by atoms with Crippen molar-refractivity contribution in [2.75, 3.05) is 19.8 Å². The zero-order valence-electron chi connectivity index (χ0n) is 43.5. The van der Waals surface area contributed by atoms with E-state index in [1.807, 2.05) is 110 Å². The molecule has 0 saturated carbocycles. The summed E-state index contributed by atoms with van der Waals surface area (Å²) < 4.78 is 78.2. The van der Waals surface area contributed by atoms with Gasteiger partial charge in [-0.1, -0.05) is 159 Å². The molecule has 0 aliphatic carbocycles. The molecule has 6 aromatic rings. The van der Waals surface area contributed by atoms with Crippen molar-refractivity contribution >= 4 is 17.9 Å². The van der Waals surface area contributed by atoms with Crippen molar-refractivity contribution in [1.29, 1.82) is 0 Å². The number of esters is 3. The van der Waals surface area contributed by atoms with Crippen LogP contribution < -0.4 is 0 Å². The normalized spacial score (nSPS) is 25.6. The maximum atomic E-state index is 14.1. The minimum Gasteiger partial charge on any atom is -0.450 e. The van der Waals surface area contributed by atoms with E-state index in [4.69, 9.17) is 56.8 Å². The minimum absolute atomic E-state index is 0.0997. The van der Waals surface area contributed by atoms with Crippen LogP contribution in [0.4, 0.5) is 0 Å². The molecular weight excluding hydrogens is 997 g/mol. The summed E-state index contributed by atoms with van der Waals surface area (Å²) in [5, 5.41) is 0. The van der Waals surface area contributed by atoms with Gasteiger partial charge in [0, 0.05) is 0 Å². The number of benzene rings is 6. The molecule has 12 unspecified atom stereocenters. The van der Waals surface area contributed by atoms with Gasteiger partial charge in [-0.2, -0.15) is 0 Å². The van der Waals surface area contributed by atoms with E-state index in [1.165, 1.54) is 0 Å². The Labute approximate surface area is 455 Å². The number of rotatable bonds is 27. The molecule has 0 bridgehead atoms. The lowest BCUT2D eigenvalue weighted by Crippen LogP contribution is -2.44. The standard InChI is InChI=1S/C63H66O15/c1-3-5-24-37-67-61-56(77-59(65)47-33-20-10-21-34-47)53(69-39-44-27-14-7-15-28-44)50(74-61)41-72-63-57(78-60(66)48-35-22-11-23-36-48)54(70-40-45-29-16-8-17-30-45)51(75-63)42-71-62-55(76-58(64)46-31-18-9-19-32-46)52(49(4-2)73-62)68-38-43-25-12-6-13-26-43/h3,6-23,25-36,49-57,61-63H,1,4-5,24,37-42H2,2H3. The summed E-state index contributed by atoms with van der Waals surface area (Å²) in [6.45, 7) is 6.12. The fraction of sp³-hybridized carbons (Fsp3) is 0.349. The first-order chi connectivity index (χ1) is 38.3. The Hall–Kier alpha value is -6.89. The molecule has 78 heavy (non-hydrogen) atoms. The second-order valence-corrected chi connectivity index (χ2v) is 19.0. The van der Waals surface area contributed by atoms with Crippen molar-refractivity contribution in [3.63, 3.8) is 0 Å². The highest BCUT2D eigenvalue weighted by Gasteiger charge is 2.54. The molecule has 408 valence electrons. The van der Waals surface area contributed by atoms with Gasteiger partial charge in [0.1, 0.15) is 30.5 Å². The summed E-state index contributed by atoms with van der Waals surface area (Å²) in [6.07, 6.45) is -8.12. The van der Waals surface area contributed by atoms with Crippen LogP contribution in [-0.4, -0.2) is 112 Å². The Kier molecular flexibility index (Phi) is 20.5. The summed E-state index contributed by atoms with van der Waals surface area (Å²) >= 11 is 0. The third kappa shape index (κ3) is 15.0. The third-order valence-electron chi connectivity index (χ3n) is 13.5. The zero-order chi connectivity index (χ0) is 53.9. The van der Waals surface area contributed by atoms with Crippen molar-refractivity contribution in [2.24, 2.45) is 0 Å². The summed E-state index contributed by atoms with van der Waals surface area (Å²) in [4.78, 5) is 41.7. The van der Waals surface area contributed by atoms with Crippen LogP contribution in [0.5, 0.6) is 0 Å². The molecular formula is C63H66O15. The molecule has 15 nitrogen and oxygen atoms in total. The van der Waals surface area contributed by atoms with Crippen LogP contribution in [0.1, 0.15) is 74.0 Å². The molecule has 0 amide bonds. The first-order valence-electron chi connectivity index (χ1n) is 26.5. The van der Waals surface area contributed by atoms with E-state index in [1.54, 1.807) is 84.9 Å². The van der Waals surface area contributed by atoms with E-state index in [0.717, 1.165) is 16.7 Å². The fourth-order valence-electron chi connectivity index (χ4n) is 9.46. The Morgan fingerprint density at radius 2 is 0.718 bits per heavy atom. The molecule has 3 saturated heterocycles. The second kappa shape index (κ2) is 28.7. The maximum absolute atomic E-state index is 14.1. The molecule has 0 radical (unpaired) electrons. The van der Waals surface area contributed by atoms with Crippen molar-refractivity contribution in [3.8, 4) is 0 Å². The first-order valence-corrected chi connectivity index (χ1v) is 26.5. The van der Waals surface area contributed by atoms with Crippen molar-refractivity contribution < 1.29 is 71.2 Å². The summed E-state index contributed by atoms with van der Waals surface area (Å²) in [5.41, 5.74) is 3.62. The van der Waals surface area contributed by atoms with Gasteiger partial charge < -0.3 is 56.8 Å². The Balaban J connectivity index is 1.00. The van der Waals surface area contributed by atoms with Crippen LogP contribution in [-0.2, 0) is 76.7 Å². The summed E-state index contributed by atoms with van der Waals surface area (Å²) in [6, 6.07) is 54.7. The summed E-state index contributed by atoms with van der Waals surface area (Å²) in [5.74, 6) is -1.81. The first kappa shape index (κ1) is 55.9. The van der Waals surface area contributed by atoms with Crippen LogP contribution in [0.15, 0.2) is 195 Å². The van der Waals surface area contributed by atoms with Gasteiger partial charge in [-0.3, -0.25) is 0 Å². The molecule has 3 aliphatic rings. The molecule has 15 heteroatoms. The lowest BCUT2D eigenvalue weighted by molar-refractivity contribution is -0.219.